The molecule has 21 heteroatoms. The third-order valence-electron chi connectivity index (χ3n) is 13.8. The summed E-state index contributed by atoms with van der Waals surface area (Å²) < 4.78 is 0. The second-order valence-electron chi connectivity index (χ2n) is 20.9. The van der Waals surface area contributed by atoms with Crippen LogP contribution in [-0.4, -0.2) is 138 Å². The van der Waals surface area contributed by atoms with E-state index in [9.17, 15) is 48.3 Å². The monoisotopic (exact) mass is 1100 g/mol. The highest BCUT2D eigenvalue weighted by Crippen LogP contribution is 2.24. The summed E-state index contributed by atoms with van der Waals surface area (Å²) >= 11 is 0. The van der Waals surface area contributed by atoms with Gasteiger partial charge < -0.3 is 63.6 Å². The highest BCUT2D eigenvalue weighted by Gasteiger charge is 2.35. The van der Waals surface area contributed by atoms with Gasteiger partial charge in [0.2, 0.25) is 53.2 Å². The predicted molar refractivity (Wildman–Crippen MR) is 303 cm³/mol. The maximum Gasteiger partial charge on any atom is 0.246 e. The molecule has 1 fully saturated rings. The molecule has 0 bridgehead atoms. The van der Waals surface area contributed by atoms with Crippen molar-refractivity contribution in [3.8, 4) is 5.75 Å². The zero-order chi connectivity index (χ0) is 58.3. The zero-order valence-electron chi connectivity index (χ0n) is 46.3. The number of likely N-dealkylation sites (tertiary alicyclic amines) is 1. The molecule has 1 aliphatic rings. The number of phenols is 1. The van der Waals surface area contributed by atoms with Crippen LogP contribution in [0.3, 0.4) is 0 Å². The van der Waals surface area contributed by atoms with Crippen molar-refractivity contribution in [1.29, 1.82) is 0 Å². The first kappa shape index (κ1) is 62.7. The number of nitrogens with zero attached hydrogens (tertiary/aromatic N) is 2. The number of primary amides is 1. The predicted octanol–water partition coefficient (Wildman–Crippen LogP) is 1.50. The number of amides is 9. The van der Waals surface area contributed by atoms with Crippen molar-refractivity contribution in [3.05, 3.63) is 132 Å². The van der Waals surface area contributed by atoms with Gasteiger partial charge in [-0.2, -0.15) is 0 Å². The molecule has 4 aromatic carbocycles. The molecule has 12 N–H and O–H groups in total. The van der Waals surface area contributed by atoms with Crippen LogP contribution >= 0.6 is 0 Å². The van der Waals surface area contributed by atoms with Gasteiger partial charge in [0.25, 0.3) is 0 Å². The van der Waals surface area contributed by atoms with Crippen LogP contribution in [0.4, 0.5) is 5.69 Å². The van der Waals surface area contributed by atoms with E-state index in [1.54, 1.807) is 75.1 Å². The van der Waals surface area contributed by atoms with Crippen molar-refractivity contribution in [3.63, 3.8) is 0 Å². The minimum Gasteiger partial charge on any atom is -0.508 e. The minimum absolute atomic E-state index is 0.0420. The number of nitrogens with two attached hydrogens (primary N) is 2. The number of hydrogen-bond donors (Lipinski definition) is 10. The number of phenolic OH excluding ortho intramolecular Hbond substituents is 1. The molecule has 9 amide bonds. The Labute approximate surface area is 468 Å². The largest absolute Gasteiger partial charge is 0.508 e. The Balaban J connectivity index is 1.32. The Bertz CT molecular complexity index is 2690. The topological polar surface area (TPSA) is 317 Å². The number of carbonyl (C=O) groups excluding carboxylic acids is 9. The summed E-state index contributed by atoms with van der Waals surface area (Å²) in [5.41, 5.74) is 14.6. The summed E-state index contributed by atoms with van der Waals surface area (Å²) in [5.74, 6) is -7.33. The first-order valence-corrected chi connectivity index (χ1v) is 27.2. The van der Waals surface area contributed by atoms with Crippen molar-refractivity contribution in [2.45, 2.75) is 122 Å². The quantitative estimate of drug-likeness (QED) is 0.0370. The molecule has 1 saturated heterocycles. The molecule has 430 valence electrons. The Kier molecular flexibility index (Phi) is 24.6. The van der Waals surface area contributed by atoms with Crippen LogP contribution in [0.5, 0.6) is 5.75 Å². The molecule has 0 unspecified atom stereocenters. The standard InChI is InChI=1S/C59H79N11O10/c1-37(2)52(58(79)63-35-49(61)72)68-59(80)53(38(3)4)67-56(77)47(65-57(78)48(34-41-17-11-7-12-18-41)66-54(75)39(5)64-55(76)46(60)33-42-21-23-45(71)24-22-42)25-26-50(73)62-36-51(74)70(43-19-13-8-14-20-43)44-28-31-69(32-29-44)30-27-40-15-9-6-10-16-40/h6-24,37-39,44,46-48,52-53,71H,25-36,60H2,1-5H3,(H2,61,72)(H,62,73)(H,63,79)(H,64,76)(H,65,78)(H,66,75)(H,67,77)(H,68,80)/t39-,46+,47+,48+,52+,53+/m1/s1. The molecule has 0 aromatic heterocycles. The zero-order valence-corrected chi connectivity index (χ0v) is 46.3. The van der Waals surface area contributed by atoms with Crippen LogP contribution in [-0.2, 0) is 62.4 Å². The molecular formula is C59H79N11O10. The Hall–Kier alpha value is -8.17. The number of para-hydroxylation sites is 1. The number of carbonyl (C=O) groups is 9. The van der Waals surface area contributed by atoms with E-state index in [4.69, 9.17) is 11.5 Å². The number of rotatable bonds is 29. The van der Waals surface area contributed by atoms with E-state index in [0.717, 1.165) is 26.1 Å². The van der Waals surface area contributed by atoms with Crippen molar-refractivity contribution in [1.82, 2.24) is 42.1 Å². The summed E-state index contributed by atoms with van der Waals surface area (Å²) in [5, 5.41) is 28.1. The van der Waals surface area contributed by atoms with Crippen molar-refractivity contribution < 1.29 is 48.3 Å². The summed E-state index contributed by atoms with van der Waals surface area (Å²) in [6.45, 7) is 9.67. The fourth-order valence-electron chi connectivity index (χ4n) is 9.22. The van der Waals surface area contributed by atoms with Gasteiger partial charge in [0, 0.05) is 44.2 Å². The van der Waals surface area contributed by atoms with Crippen LogP contribution in [0, 0.1) is 11.8 Å². The fourth-order valence-corrected chi connectivity index (χ4v) is 9.22. The fraction of sp³-hybridized carbons (Fsp3) is 0.441. The lowest BCUT2D eigenvalue weighted by molar-refractivity contribution is -0.136. The molecule has 0 aliphatic carbocycles. The summed E-state index contributed by atoms with van der Waals surface area (Å²) in [4.78, 5) is 127. The van der Waals surface area contributed by atoms with Crippen molar-refractivity contribution >= 4 is 58.9 Å². The van der Waals surface area contributed by atoms with Crippen LogP contribution in [0.1, 0.15) is 77.0 Å². The lowest BCUT2D eigenvalue weighted by Crippen LogP contribution is -2.61. The van der Waals surface area contributed by atoms with Crippen molar-refractivity contribution in [2.75, 3.05) is 37.6 Å². The highest BCUT2D eigenvalue weighted by molar-refractivity contribution is 5.99. The average molecular weight is 1100 g/mol. The van der Waals surface area contributed by atoms with Gasteiger partial charge in [-0.25, -0.2) is 0 Å². The SMILES string of the molecule is CC(C)[C@H](NC(=O)[C@H](CCC(=O)NCC(=O)N(c1ccccc1)C1CCN(CCc2ccccc2)CC1)NC(=O)[C@H](Cc1ccccc1)NC(=O)[C@@H](C)NC(=O)[C@@H](N)Cc1ccc(O)cc1)C(=O)N[C@H](C(=O)NCC(N)=O)C(C)C. The van der Waals surface area contributed by atoms with E-state index in [-0.39, 0.29) is 49.9 Å². The van der Waals surface area contributed by atoms with Gasteiger partial charge in [0.05, 0.1) is 19.1 Å². The maximum atomic E-state index is 14.5. The molecule has 1 aliphatic heterocycles. The highest BCUT2D eigenvalue weighted by atomic mass is 16.3. The normalized spacial score (nSPS) is 14.9. The maximum absolute atomic E-state index is 14.5. The molecule has 0 spiro atoms. The van der Waals surface area contributed by atoms with E-state index in [1.165, 1.54) is 24.6 Å². The van der Waals surface area contributed by atoms with E-state index >= 15 is 0 Å². The second-order valence-corrected chi connectivity index (χ2v) is 20.9. The van der Waals surface area contributed by atoms with Crippen molar-refractivity contribution in [2.24, 2.45) is 23.3 Å². The Morgan fingerprint density at radius 1 is 0.575 bits per heavy atom. The van der Waals surface area contributed by atoms with Gasteiger partial charge >= 0.3 is 0 Å². The average Bonchev–Trinajstić information content (AvgIpc) is 3.44. The van der Waals surface area contributed by atoms with Crippen LogP contribution < -0.4 is 53.6 Å². The number of benzene rings is 4. The summed E-state index contributed by atoms with van der Waals surface area (Å²) in [6, 6.07) is 26.6. The van der Waals surface area contributed by atoms with E-state index < -0.39 is 102 Å². The van der Waals surface area contributed by atoms with E-state index in [1.807, 2.05) is 48.5 Å². The van der Waals surface area contributed by atoms with Crippen LogP contribution in [0.25, 0.3) is 0 Å². The number of aromatic hydroxyl groups is 1. The Morgan fingerprint density at radius 2 is 1.10 bits per heavy atom. The smallest absolute Gasteiger partial charge is 0.246 e. The molecule has 0 radical (unpaired) electrons. The number of anilines is 1. The van der Waals surface area contributed by atoms with Gasteiger partial charge in [-0.3, -0.25) is 43.2 Å². The van der Waals surface area contributed by atoms with Gasteiger partial charge in [0.1, 0.15) is 36.0 Å². The first-order chi connectivity index (χ1) is 38.2. The lowest BCUT2D eigenvalue weighted by Gasteiger charge is -2.38. The van der Waals surface area contributed by atoms with Gasteiger partial charge in [-0.15, -0.1) is 0 Å². The minimum atomic E-state index is -1.52. The molecule has 0 saturated carbocycles. The van der Waals surface area contributed by atoms with Gasteiger partial charge in [-0.1, -0.05) is 119 Å². The summed E-state index contributed by atoms with van der Waals surface area (Å²) in [6.07, 6.45) is 1.64. The lowest BCUT2D eigenvalue weighted by atomic mass is 9.98. The van der Waals surface area contributed by atoms with Crippen LogP contribution in [0.2, 0.25) is 0 Å². The first-order valence-electron chi connectivity index (χ1n) is 27.2. The molecule has 1 heterocycles. The molecule has 6 atom stereocenters. The molecule has 5 rings (SSSR count). The number of nitrogens with one attached hydrogen (secondary N) is 7. The molecular weight excluding hydrogens is 1020 g/mol. The number of hydrogen-bond acceptors (Lipinski definition) is 12. The third kappa shape index (κ3) is 20.2. The van der Waals surface area contributed by atoms with Gasteiger partial charge in [-0.05, 0) is 91.8 Å². The van der Waals surface area contributed by atoms with Crippen LogP contribution in [0.15, 0.2) is 115 Å². The van der Waals surface area contributed by atoms with E-state index in [2.05, 4.69) is 54.3 Å². The number of piperidine rings is 1. The Morgan fingerprint density at radius 3 is 1.69 bits per heavy atom. The van der Waals surface area contributed by atoms with Gasteiger partial charge in [0.15, 0.2) is 0 Å². The third-order valence-corrected chi connectivity index (χ3v) is 13.8. The molecule has 80 heavy (non-hydrogen) atoms. The second kappa shape index (κ2) is 31.4. The van der Waals surface area contributed by atoms with E-state index in [0.29, 0.717) is 29.7 Å². The summed E-state index contributed by atoms with van der Waals surface area (Å²) in [7, 11) is 0. The molecule has 21 nitrogen and oxygen atoms in total. The molecule has 4 aromatic rings.